The van der Waals surface area contributed by atoms with Gasteiger partial charge in [0.25, 0.3) is 0 Å². The van der Waals surface area contributed by atoms with Gasteiger partial charge in [-0.3, -0.25) is 4.90 Å². The first-order valence-electron chi connectivity index (χ1n) is 8.18. The molecule has 3 aliphatic rings. The number of rotatable bonds is 6. The average Bonchev–Trinajstić information content (AvgIpc) is 3.39. The summed E-state index contributed by atoms with van der Waals surface area (Å²) in [5.74, 6) is 2.31. The van der Waals surface area contributed by atoms with Crippen molar-refractivity contribution in [1.29, 1.82) is 0 Å². The number of aromatic nitrogens is 2. The van der Waals surface area contributed by atoms with E-state index in [9.17, 15) is 0 Å². The molecule has 5 heteroatoms. The zero-order valence-corrected chi connectivity index (χ0v) is 12.1. The lowest BCUT2D eigenvalue weighted by Gasteiger charge is -2.35. The summed E-state index contributed by atoms with van der Waals surface area (Å²) in [7, 11) is 0. The molecule has 4 rings (SSSR count). The van der Waals surface area contributed by atoms with Crippen LogP contribution in [0.25, 0.3) is 0 Å². The number of nitrogens with one attached hydrogen (secondary N) is 1. The molecule has 1 unspecified atom stereocenters. The fraction of sp³-hybridized carbons (Fsp3) is 0.867. The minimum Gasteiger partial charge on any atom is -0.339 e. The van der Waals surface area contributed by atoms with Crippen LogP contribution in [0.15, 0.2) is 4.52 Å². The smallest absolute Gasteiger partial charge is 0.229 e. The highest BCUT2D eigenvalue weighted by Crippen LogP contribution is 2.38. The van der Waals surface area contributed by atoms with Gasteiger partial charge in [0.2, 0.25) is 5.89 Å². The SMILES string of the molecule is C1CCN(Cc2noc(C3CC3)n2)C(CNC2CC2)C1. The third kappa shape index (κ3) is 3.04. The fourth-order valence-electron chi connectivity index (χ4n) is 3.10. The highest BCUT2D eigenvalue weighted by Gasteiger charge is 2.31. The molecule has 2 aliphatic carbocycles. The summed E-state index contributed by atoms with van der Waals surface area (Å²) in [6.07, 6.45) is 9.12. The van der Waals surface area contributed by atoms with Gasteiger partial charge in [0, 0.05) is 24.5 Å². The lowest BCUT2D eigenvalue weighted by atomic mass is 10.0. The van der Waals surface area contributed by atoms with E-state index in [0.717, 1.165) is 30.8 Å². The Labute approximate surface area is 120 Å². The molecule has 1 aromatic heterocycles. The lowest BCUT2D eigenvalue weighted by Crippen LogP contribution is -2.45. The number of hydrogen-bond acceptors (Lipinski definition) is 5. The van der Waals surface area contributed by atoms with E-state index in [4.69, 9.17) is 4.52 Å². The number of nitrogens with zero attached hydrogens (tertiary/aromatic N) is 3. The molecule has 1 N–H and O–H groups in total. The average molecular weight is 276 g/mol. The second-order valence-corrected chi connectivity index (χ2v) is 6.63. The summed E-state index contributed by atoms with van der Waals surface area (Å²) in [5.41, 5.74) is 0. The van der Waals surface area contributed by atoms with Crippen LogP contribution in [-0.4, -0.2) is 40.2 Å². The highest BCUT2D eigenvalue weighted by molar-refractivity contribution is 5.02. The Bertz CT molecular complexity index is 452. The Morgan fingerprint density at radius 3 is 2.85 bits per heavy atom. The van der Waals surface area contributed by atoms with E-state index in [2.05, 4.69) is 20.4 Å². The summed E-state index contributed by atoms with van der Waals surface area (Å²) in [6.45, 7) is 3.15. The van der Waals surface area contributed by atoms with E-state index in [-0.39, 0.29) is 0 Å². The molecule has 110 valence electrons. The largest absolute Gasteiger partial charge is 0.339 e. The zero-order chi connectivity index (χ0) is 13.4. The Morgan fingerprint density at radius 1 is 1.15 bits per heavy atom. The maximum atomic E-state index is 5.37. The van der Waals surface area contributed by atoms with Crippen molar-refractivity contribution >= 4 is 0 Å². The van der Waals surface area contributed by atoms with Crippen LogP contribution in [0.2, 0.25) is 0 Å². The topological polar surface area (TPSA) is 54.2 Å². The molecule has 1 aromatic rings. The third-order valence-electron chi connectivity index (χ3n) is 4.72. The molecular weight excluding hydrogens is 252 g/mol. The number of hydrogen-bond donors (Lipinski definition) is 1. The van der Waals surface area contributed by atoms with Crippen molar-refractivity contribution in [1.82, 2.24) is 20.4 Å². The second-order valence-electron chi connectivity index (χ2n) is 6.63. The molecular formula is C15H24N4O. The molecule has 1 aliphatic heterocycles. The van der Waals surface area contributed by atoms with Gasteiger partial charge in [-0.15, -0.1) is 0 Å². The van der Waals surface area contributed by atoms with Crippen LogP contribution in [0, 0.1) is 0 Å². The van der Waals surface area contributed by atoms with Crippen molar-refractivity contribution < 1.29 is 4.52 Å². The minimum absolute atomic E-state index is 0.560. The Kier molecular flexibility index (Phi) is 3.48. The fourth-order valence-corrected chi connectivity index (χ4v) is 3.10. The molecule has 0 aromatic carbocycles. The van der Waals surface area contributed by atoms with E-state index in [0.29, 0.717) is 12.0 Å². The summed E-state index contributed by atoms with van der Waals surface area (Å²) in [6, 6.07) is 1.44. The van der Waals surface area contributed by atoms with Gasteiger partial charge in [0.05, 0.1) is 6.54 Å². The Balaban J connectivity index is 1.35. The predicted molar refractivity (Wildman–Crippen MR) is 75.3 cm³/mol. The maximum Gasteiger partial charge on any atom is 0.229 e. The molecule has 1 saturated heterocycles. The lowest BCUT2D eigenvalue weighted by molar-refractivity contribution is 0.132. The second kappa shape index (κ2) is 5.45. The first-order chi connectivity index (χ1) is 9.88. The van der Waals surface area contributed by atoms with E-state index in [1.54, 1.807) is 0 Å². The molecule has 0 amide bonds. The molecule has 0 radical (unpaired) electrons. The van der Waals surface area contributed by atoms with E-state index in [1.165, 1.54) is 51.5 Å². The van der Waals surface area contributed by atoms with Gasteiger partial charge in [-0.1, -0.05) is 11.6 Å². The van der Waals surface area contributed by atoms with Crippen molar-refractivity contribution in [2.24, 2.45) is 0 Å². The molecule has 1 atom stereocenters. The van der Waals surface area contributed by atoms with Crippen LogP contribution < -0.4 is 5.32 Å². The predicted octanol–water partition coefficient (Wildman–Crippen LogP) is 2.05. The monoisotopic (exact) mass is 276 g/mol. The van der Waals surface area contributed by atoms with E-state index in [1.807, 2.05) is 0 Å². The molecule has 2 saturated carbocycles. The Hall–Kier alpha value is -0.940. The van der Waals surface area contributed by atoms with Crippen molar-refractivity contribution in [3.05, 3.63) is 11.7 Å². The quantitative estimate of drug-likeness (QED) is 0.862. The summed E-state index contributed by atoms with van der Waals surface area (Å²) >= 11 is 0. The van der Waals surface area contributed by atoms with Crippen molar-refractivity contribution in [3.63, 3.8) is 0 Å². The van der Waals surface area contributed by atoms with Gasteiger partial charge in [0.1, 0.15) is 0 Å². The molecule has 2 heterocycles. The minimum atomic E-state index is 0.560. The van der Waals surface area contributed by atoms with Crippen molar-refractivity contribution in [3.8, 4) is 0 Å². The van der Waals surface area contributed by atoms with Crippen LogP contribution >= 0.6 is 0 Å². The highest BCUT2D eigenvalue weighted by atomic mass is 16.5. The van der Waals surface area contributed by atoms with Crippen LogP contribution in [0.3, 0.4) is 0 Å². The van der Waals surface area contributed by atoms with Crippen LogP contribution in [0.5, 0.6) is 0 Å². The van der Waals surface area contributed by atoms with Crippen LogP contribution in [-0.2, 0) is 6.54 Å². The molecule has 0 bridgehead atoms. The van der Waals surface area contributed by atoms with E-state index >= 15 is 0 Å². The Morgan fingerprint density at radius 2 is 2.05 bits per heavy atom. The van der Waals surface area contributed by atoms with Gasteiger partial charge >= 0.3 is 0 Å². The van der Waals surface area contributed by atoms with Crippen LogP contribution in [0.1, 0.15) is 62.6 Å². The van der Waals surface area contributed by atoms with Crippen LogP contribution in [0.4, 0.5) is 0 Å². The van der Waals surface area contributed by atoms with Crippen molar-refractivity contribution in [2.75, 3.05) is 13.1 Å². The molecule has 3 fully saturated rings. The molecule has 20 heavy (non-hydrogen) atoms. The summed E-state index contributed by atoms with van der Waals surface area (Å²) in [4.78, 5) is 7.11. The third-order valence-corrected chi connectivity index (χ3v) is 4.72. The first-order valence-corrected chi connectivity index (χ1v) is 8.18. The first kappa shape index (κ1) is 12.8. The van der Waals surface area contributed by atoms with Gasteiger partial charge in [-0.05, 0) is 45.1 Å². The summed E-state index contributed by atoms with van der Waals surface area (Å²) in [5, 5.41) is 7.83. The molecule has 0 spiro atoms. The number of likely N-dealkylation sites (tertiary alicyclic amines) is 1. The van der Waals surface area contributed by atoms with Gasteiger partial charge in [-0.25, -0.2) is 0 Å². The normalized spacial score (nSPS) is 27.9. The standard InChI is InChI=1S/C15H24N4O/c1-2-8-19(13(3-1)9-16-12-6-7-12)10-14-17-15(20-18-14)11-4-5-11/h11-13,16H,1-10H2. The zero-order valence-electron chi connectivity index (χ0n) is 12.1. The van der Waals surface area contributed by atoms with E-state index < -0.39 is 0 Å². The van der Waals surface area contributed by atoms with Crippen molar-refractivity contribution in [2.45, 2.75) is 69.5 Å². The molecule has 5 nitrogen and oxygen atoms in total. The summed E-state index contributed by atoms with van der Waals surface area (Å²) < 4.78 is 5.37. The van der Waals surface area contributed by atoms with Gasteiger partial charge < -0.3 is 9.84 Å². The van der Waals surface area contributed by atoms with Gasteiger partial charge in [0.15, 0.2) is 5.82 Å². The van der Waals surface area contributed by atoms with Gasteiger partial charge in [-0.2, -0.15) is 4.98 Å². The number of piperidine rings is 1. The maximum absolute atomic E-state index is 5.37.